The van der Waals surface area contributed by atoms with Crippen LogP contribution >= 0.6 is 0 Å². The number of anilines is 4. The van der Waals surface area contributed by atoms with Crippen LogP contribution in [0.5, 0.6) is 23.0 Å². The molecule has 0 aliphatic heterocycles. The fourth-order valence-electron chi connectivity index (χ4n) is 3.79. The number of hydrogen-bond donors (Lipinski definition) is 4. The van der Waals surface area contributed by atoms with Gasteiger partial charge >= 0.3 is 5.79 Å². The van der Waals surface area contributed by atoms with Gasteiger partial charge in [0.05, 0.1) is 0 Å². The van der Waals surface area contributed by atoms with E-state index in [0.29, 0.717) is 45.7 Å². The predicted octanol–water partition coefficient (Wildman–Crippen LogP) is 5.10. The van der Waals surface area contributed by atoms with Crippen LogP contribution in [0.15, 0.2) is 97.1 Å². The van der Waals surface area contributed by atoms with Crippen LogP contribution in [0, 0.1) is 0 Å². The van der Waals surface area contributed by atoms with E-state index in [1.54, 1.807) is 97.1 Å². The Labute approximate surface area is 216 Å². The van der Waals surface area contributed by atoms with Crippen molar-refractivity contribution in [1.82, 2.24) is 0 Å². The molecule has 2 atom stereocenters. The zero-order valence-corrected chi connectivity index (χ0v) is 20.8. The topological polar surface area (TPSA) is 141 Å². The average Bonchev–Trinajstić information content (AvgIpc) is 2.89. The molecule has 0 spiro atoms. The van der Waals surface area contributed by atoms with Crippen molar-refractivity contribution in [3.05, 3.63) is 97.1 Å². The highest BCUT2D eigenvalue weighted by atomic mass is 16.7. The molecule has 0 saturated heterocycles. The van der Waals surface area contributed by atoms with Gasteiger partial charge in [0.15, 0.2) is 12.2 Å². The molecule has 0 heterocycles. The molecule has 0 saturated carbocycles. The highest BCUT2D eigenvalue weighted by molar-refractivity contribution is 5.45. The van der Waals surface area contributed by atoms with Crippen LogP contribution in [-0.4, -0.2) is 18.0 Å². The number of benzene rings is 4. The number of nitrogen functional groups attached to an aromatic ring is 4. The average molecular weight is 501 g/mol. The van der Waals surface area contributed by atoms with Crippen molar-refractivity contribution in [2.45, 2.75) is 31.8 Å². The minimum absolute atomic E-state index is 0.519. The molecular weight excluding hydrogens is 468 g/mol. The van der Waals surface area contributed by atoms with Gasteiger partial charge in [-0.05, 0) is 111 Å². The van der Waals surface area contributed by atoms with Gasteiger partial charge in [-0.3, -0.25) is 0 Å². The van der Waals surface area contributed by atoms with Crippen LogP contribution in [-0.2, 0) is 0 Å². The Balaban J connectivity index is 1.77. The highest BCUT2D eigenvalue weighted by Crippen LogP contribution is 2.34. The lowest BCUT2D eigenvalue weighted by Crippen LogP contribution is -2.62. The zero-order chi connectivity index (χ0) is 26.4. The second kappa shape index (κ2) is 10.9. The Hall–Kier alpha value is -4.72. The molecule has 2 unspecified atom stereocenters. The largest absolute Gasteiger partial charge is 0.482 e. The van der Waals surface area contributed by atoms with Gasteiger partial charge in [0, 0.05) is 22.7 Å². The maximum Gasteiger partial charge on any atom is 0.325 e. The predicted molar refractivity (Wildman–Crippen MR) is 148 cm³/mol. The third kappa shape index (κ3) is 6.29. The van der Waals surface area contributed by atoms with E-state index in [9.17, 15) is 0 Å². The fourth-order valence-corrected chi connectivity index (χ4v) is 3.79. The lowest BCUT2D eigenvalue weighted by Gasteiger charge is -2.42. The summed E-state index contributed by atoms with van der Waals surface area (Å²) in [5.74, 6) is 0.741. The zero-order valence-electron chi connectivity index (χ0n) is 20.8. The van der Waals surface area contributed by atoms with Crippen LogP contribution < -0.4 is 41.9 Å². The summed E-state index contributed by atoms with van der Waals surface area (Å²) in [6.45, 7) is 3.71. The molecule has 0 fully saturated rings. The van der Waals surface area contributed by atoms with E-state index >= 15 is 0 Å². The van der Waals surface area contributed by atoms with Crippen molar-refractivity contribution in [1.29, 1.82) is 0 Å². The third-order valence-electron chi connectivity index (χ3n) is 5.83. The first-order valence-electron chi connectivity index (χ1n) is 11.9. The molecule has 4 rings (SSSR count). The summed E-state index contributed by atoms with van der Waals surface area (Å²) in [7, 11) is 0. The van der Waals surface area contributed by atoms with Gasteiger partial charge in [0.1, 0.15) is 23.0 Å². The maximum absolute atomic E-state index is 6.60. The van der Waals surface area contributed by atoms with E-state index in [4.69, 9.17) is 41.9 Å². The fraction of sp³-hybridized carbons (Fsp3) is 0.172. The van der Waals surface area contributed by atoms with Gasteiger partial charge in [-0.2, -0.15) is 0 Å². The number of ether oxygens (including phenoxy) is 4. The Kier molecular flexibility index (Phi) is 7.48. The summed E-state index contributed by atoms with van der Waals surface area (Å²) in [6, 6.07) is 28.3. The summed E-state index contributed by atoms with van der Waals surface area (Å²) < 4.78 is 25.9. The molecule has 0 amide bonds. The molecule has 0 aliphatic carbocycles. The first-order valence-corrected chi connectivity index (χ1v) is 11.9. The lowest BCUT2D eigenvalue weighted by molar-refractivity contribution is -0.218. The number of nitrogens with two attached hydrogens (primary N) is 4. The quantitative estimate of drug-likeness (QED) is 0.174. The van der Waals surface area contributed by atoms with Gasteiger partial charge in [0.2, 0.25) is 0 Å². The molecule has 37 heavy (non-hydrogen) atoms. The molecular formula is C29H32N4O4. The molecule has 8 N–H and O–H groups in total. The third-order valence-corrected chi connectivity index (χ3v) is 5.83. The smallest absolute Gasteiger partial charge is 0.325 e. The van der Waals surface area contributed by atoms with Crippen LogP contribution in [0.3, 0.4) is 0 Å². The molecule has 192 valence electrons. The van der Waals surface area contributed by atoms with Crippen molar-refractivity contribution < 1.29 is 18.9 Å². The molecule has 0 aromatic heterocycles. The van der Waals surface area contributed by atoms with E-state index < -0.39 is 18.0 Å². The van der Waals surface area contributed by atoms with Crippen molar-refractivity contribution in [3.63, 3.8) is 0 Å². The minimum atomic E-state index is -1.48. The first kappa shape index (κ1) is 25.4. The summed E-state index contributed by atoms with van der Waals surface area (Å²) in [4.78, 5) is 0. The SMILES string of the molecule is CC(Oc1ccc(N)cc1)C(Oc1ccc(N)cc1)(Oc1ccc(N)cc1)C(C)Oc1ccc(N)cc1. The number of rotatable bonds is 10. The lowest BCUT2D eigenvalue weighted by atomic mass is 10.0. The molecule has 0 aliphatic rings. The summed E-state index contributed by atoms with van der Waals surface area (Å²) in [5.41, 5.74) is 26.0. The molecule has 0 bridgehead atoms. The van der Waals surface area contributed by atoms with Crippen molar-refractivity contribution in [2.24, 2.45) is 0 Å². The van der Waals surface area contributed by atoms with Crippen LogP contribution in [0.25, 0.3) is 0 Å². The highest BCUT2D eigenvalue weighted by Gasteiger charge is 2.51. The first-order chi connectivity index (χ1) is 17.7. The van der Waals surface area contributed by atoms with Gasteiger partial charge < -0.3 is 41.9 Å². The Morgan fingerprint density at radius 1 is 0.432 bits per heavy atom. The van der Waals surface area contributed by atoms with Crippen LogP contribution in [0.4, 0.5) is 22.7 Å². The molecule has 8 heteroatoms. The Morgan fingerprint density at radius 2 is 0.676 bits per heavy atom. The van der Waals surface area contributed by atoms with E-state index in [1.165, 1.54) is 0 Å². The number of hydrogen-bond acceptors (Lipinski definition) is 8. The van der Waals surface area contributed by atoms with E-state index in [-0.39, 0.29) is 0 Å². The molecule has 4 aromatic carbocycles. The summed E-state index contributed by atoms with van der Waals surface area (Å²) >= 11 is 0. The van der Waals surface area contributed by atoms with Crippen LogP contribution in [0.2, 0.25) is 0 Å². The molecule has 4 aromatic rings. The Morgan fingerprint density at radius 3 is 0.946 bits per heavy atom. The van der Waals surface area contributed by atoms with E-state index in [1.807, 2.05) is 13.8 Å². The van der Waals surface area contributed by atoms with E-state index in [2.05, 4.69) is 0 Å². The van der Waals surface area contributed by atoms with Gasteiger partial charge in [-0.15, -0.1) is 0 Å². The Bertz CT molecular complexity index is 1170. The van der Waals surface area contributed by atoms with Gasteiger partial charge in [-0.25, -0.2) is 0 Å². The van der Waals surface area contributed by atoms with Crippen molar-refractivity contribution in [3.8, 4) is 23.0 Å². The minimum Gasteiger partial charge on any atom is -0.482 e. The second-order valence-electron chi connectivity index (χ2n) is 8.72. The van der Waals surface area contributed by atoms with E-state index in [0.717, 1.165) is 0 Å². The maximum atomic E-state index is 6.60. The van der Waals surface area contributed by atoms with Gasteiger partial charge in [-0.1, -0.05) is 0 Å². The monoisotopic (exact) mass is 500 g/mol. The summed E-state index contributed by atoms with van der Waals surface area (Å²) in [5, 5.41) is 0. The van der Waals surface area contributed by atoms with Gasteiger partial charge in [0.25, 0.3) is 0 Å². The van der Waals surface area contributed by atoms with Crippen LogP contribution in [0.1, 0.15) is 13.8 Å². The van der Waals surface area contributed by atoms with Crippen molar-refractivity contribution >= 4 is 22.7 Å². The standard InChI is InChI=1S/C29H32N4O4/c1-19(34-25-11-3-21(30)4-12-25)29(36-27-15-7-23(32)8-16-27,37-28-17-9-24(33)10-18-28)20(2)35-26-13-5-22(31)6-14-26/h3-20H,30-33H2,1-2H3. The second-order valence-corrected chi connectivity index (χ2v) is 8.72. The molecule has 8 nitrogen and oxygen atoms in total. The summed E-state index contributed by atoms with van der Waals surface area (Å²) in [6.07, 6.45) is -1.37. The normalized spacial score (nSPS) is 12.8. The molecule has 0 radical (unpaired) electrons. The van der Waals surface area contributed by atoms with Crippen molar-refractivity contribution in [2.75, 3.05) is 22.9 Å².